The van der Waals surface area contributed by atoms with Crippen LogP contribution < -0.4 is 16.8 Å². The van der Waals surface area contributed by atoms with Gasteiger partial charge in [-0.2, -0.15) is 0 Å². The summed E-state index contributed by atoms with van der Waals surface area (Å²) >= 11 is 0. The maximum absolute atomic E-state index is 5.96. The van der Waals surface area contributed by atoms with Crippen molar-refractivity contribution in [1.29, 1.82) is 0 Å². The van der Waals surface area contributed by atoms with Gasteiger partial charge in [0.1, 0.15) is 5.84 Å². The number of hydrogen-bond acceptors (Lipinski definition) is 5. The summed E-state index contributed by atoms with van der Waals surface area (Å²) in [6, 6.07) is 3.98. The number of amidine groups is 1. The Labute approximate surface area is 112 Å². The fraction of sp³-hybridized carbons (Fsp3) is 0.429. The van der Waals surface area contributed by atoms with Gasteiger partial charge in [-0.15, -0.1) is 0 Å². The molecule has 100 valence electrons. The van der Waals surface area contributed by atoms with Crippen molar-refractivity contribution in [2.75, 3.05) is 0 Å². The fourth-order valence-electron chi connectivity index (χ4n) is 3.07. The fourth-order valence-corrected chi connectivity index (χ4v) is 3.07. The Morgan fingerprint density at radius 3 is 2.68 bits per heavy atom. The predicted octanol–water partition coefficient (Wildman–Crippen LogP) is 1.19. The summed E-state index contributed by atoms with van der Waals surface area (Å²) in [6.45, 7) is 0. The van der Waals surface area contributed by atoms with Crippen LogP contribution in [0.1, 0.15) is 31.2 Å². The summed E-state index contributed by atoms with van der Waals surface area (Å²) in [5.41, 5.74) is 12.8. The van der Waals surface area contributed by atoms with E-state index in [-0.39, 0.29) is 0 Å². The second-order valence-corrected chi connectivity index (χ2v) is 5.23. The molecule has 5 heteroatoms. The average Bonchev–Trinajstić information content (AvgIpc) is 2.98. The van der Waals surface area contributed by atoms with Crippen molar-refractivity contribution in [3.63, 3.8) is 0 Å². The lowest BCUT2D eigenvalue weighted by Gasteiger charge is -2.38. The minimum absolute atomic E-state index is 0.412. The largest absolute Gasteiger partial charge is 0.395 e. The summed E-state index contributed by atoms with van der Waals surface area (Å²) in [5.74, 6) is 0.842. The van der Waals surface area contributed by atoms with E-state index in [1.165, 1.54) is 12.8 Å². The second-order valence-electron chi connectivity index (χ2n) is 5.23. The second kappa shape index (κ2) is 4.57. The van der Waals surface area contributed by atoms with E-state index in [2.05, 4.69) is 10.3 Å². The first-order valence-electron chi connectivity index (χ1n) is 6.72. The quantitative estimate of drug-likeness (QED) is 0.742. The van der Waals surface area contributed by atoms with Gasteiger partial charge < -0.3 is 16.8 Å². The van der Waals surface area contributed by atoms with Gasteiger partial charge >= 0.3 is 0 Å². The molecule has 1 aliphatic carbocycles. The Hall–Kier alpha value is -2.04. The third kappa shape index (κ3) is 1.95. The molecule has 0 radical (unpaired) electrons. The molecule has 3 rings (SSSR count). The molecular formula is C14H19N5. The molecule has 1 aromatic heterocycles. The van der Waals surface area contributed by atoms with Gasteiger partial charge in [0.05, 0.1) is 5.70 Å². The predicted molar refractivity (Wildman–Crippen MR) is 74.9 cm³/mol. The topological polar surface area (TPSA) is 89.3 Å². The molecule has 1 aliphatic heterocycles. The highest BCUT2D eigenvalue weighted by atomic mass is 15.2. The Morgan fingerprint density at radius 2 is 2.05 bits per heavy atom. The van der Waals surface area contributed by atoms with Crippen LogP contribution >= 0.6 is 0 Å². The normalized spacial score (nSPS) is 27.6. The lowest BCUT2D eigenvalue weighted by atomic mass is 9.85. The van der Waals surface area contributed by atoms with Crippen LogP contribution in [0.5, 0.6) is 0 Å². The zero-order chi connectivity index (χ0) is 13.3. The zero-order valence-corrected chi connectivity index (χ0v) is 10.8. The van der Waals surface area contributed by atoms with Crippen molar-refractivity contribution < 1.29 is 0 Å². The molecule has 1 atom stereocenters. The molecule has 2 aliphatic rings. The van der Waals surface area contributed by atoms with Crippen molar-refractivity contribution in [3.8, 4) is 0 Å². The zero-order valence-electron chi connectivity index (χ0n) is 10.8. The Morgan fingerprint density at radius 1 is 1.26 bits per heavy atom. The highest BCUT2D eigenvalue weighted by Gasteiger charge is 2.43. The third-order valence-corrected chi connectivity index (χ3v) is 4.09. The van der Waals surface area contributed by atoms with E-state index in [1.54, 1.807) is 12.4 Å². The molecule has 0 spiro atoms. The number of aromatic nitrogens is 1. The summed E-state index contributed by atoms with van der Waals surface area (Å²) < 4.78 is 0. The molecule has 0 aromatic carbocycles. The van der Waals surface area contributed by atoms with Gasteiger partial charge in [0.25, 0.3) is 0 Å². The first-order valence-corrected chi connectivity index (χ1v) is 6.72. The van der Waals surface area contributed by atoms with Gasteiger partial charge in [-0.3, -0.25) is 4.98 Å². The Bertz CT molecular complexity index is 516. The molecule has 1 aromatic rings. The first kappa shape index (κ1) is 12.0. The maximum Gasteiger partial charge on any atom is 0.162 e. The van der Waals surface area contributed by atoms with Crippen molar-refractivity contribution in [2.24, 2.45) is 22.4 Å². The molecule has 5 N–H and O–H groups in total. The van der Waals surface area contributed by atoms with E-state index in [0.717, 1.165) is 18.4 Å². The molecule has 19 heavy (non-hydrogen) atoms. The summed E-state index contributed by atoms with van der Waals surface area (Å²) in [7, 11) is 0. The molecule has 5 nitrogen and oxygen atoms in total. The van der Waals surface area contributed by atoms with Gasteiger partial charge in [0.2, 0.25) is 0 Å². The minimum atomic E-state index is -0.502. The summed E-state index contributed by atoms with van der Waals surface area (Å²) in [5, 5.41) is 3.38. The van der Waals surface area contributed by atoms with E-state index >= 15 is 0 Å². The first-order chi connectivity index (χ1) is 9.22. The van der Waals surface area contributed by atoms with Gasteiger partial charge in [-0.25, -0.2) is 4.99 Å². The smallest absolute Gasteiger partial charge is 0.162 e. The molecule has 0 bridgehead atoms. The van der Waals surface area contributed by atoms with Gasteiger partial charge in [-0.1, -0.05) is 18.9 Å². The standard InChI is InChI=1S/C14H19N5/c15-12-9-18-14(19-13(12)16,10-4-1-2-5-10)11-6-3-7-17-8-11/h3,6-10,18H,1-2,4-5,15H2,(H2,16,19). The van der Waals surface area contributed by atoms with E-state index in [1.807, 2.05) is 18.3 Å². The molecule has 1 fully saturated rings. The molecular weight excluding hydrogens is 238 g/mol. The number of nitrogens with zero attached hydrogens (tertiary/aromatic N) is 2. The average molecular weight is 257 g/mol. The lowest BCUT2D eigenvalue weighted by Crippen LogP contribution is -2.49. The van der Waals surface area contributed by atoms with E-state index in [4.69, 9.17) is 16.5 Å². The van der Waals surface area contributed by atoms with E-state index in [9.17, 15) is 0 Å². The van der Waals surface area contributed by atoms with Crippen molar-refractivity contribution in [3.05, 3.63) is 42.0 Å². The summed E-state index contributed by atoms with van der Waals surface area (Å²) in [4.78, 5) is 8.92. The van der Waals surface area contributed by atoms with Crippen LogP contribution in [0.3, 0.4) is 0 Å². The van der Waals surface area contributed by atoms with Crippen LogP contribution in [0, 0.1) is 5.92 Å². The van der Waals surface area contributed by atoms with Crippen molar-refractivity contribution in [1.82, 2.24) is 10.3 Å². The van der Waals surface area contributed by atoms with E-state index in [0.29, 0.717) is 17.5 Å². The van der Waals surface area contributed by atoms with Crippen molar-refractivity contribution in [2.45, 2.75) is 31.3 Å². The Balaban J connectivity index is 2.07. The van der Waals surface area contributed by atoms with Crippen LogP contribution in [0.4, 0.5) is 0 Å². The molecule has 2 heterocycles. The van der Waals surface area contributed by atoms with Crippen molar-refractivity contribution >= 4 is 5.84 Å². The number of aliphatic imine (C=N–C) groups is 1. The van der Waals surface area contributed by atoms with Gasteiger partial charge in [0.15, 0.2) is 5.66 Å². The minimum Gasteiger partial charge on any atom is -0.395 e. The van der Waals surface area contributed by atoms with Gasteiger partial charge in [-0.05, 0) is 18.9 Å². The lowest BCUT2D eigenvalue weighted by molar-refractivity contribution is 0.244. The number of nitrogens with one attached hydrogen (secondary N) is 1. The monoisotopic (exact) mass is 257 g/mol. The van der Waals surface area contributed by atoms with E-state index < -0.39 is 5.66 Å². The van der Waals surface area contributed by atoms with Crippen LogP contribution in [0.25, 0.3) is 0 Å². The highest BCUT2D eigenvalue weighted by Crippen LogP contribution is 2.42. The molecule has 0 saturated heterocycles. The number of hydrogen-bond donors (Lipinski definition) is 3. The SMILES string of the molecule is NC1=CNC(c2cccnc2)(C2CCCC2)N=C1N. The third-order valence-electron chi connectivity index (χ3n) is 4.09. The van der Waals surface area contributed by atoms with Gasteiger partial charge in [0, 0.05) is 30.1 Å². The van der Waals surface area contributed by atoms with Crippen LogP contribution in [-0.2, 0) is 5.66 Å². The molecule has 1 saturated carbocycles. The number of nitrogens with two attached hydrogens (primary N) is 2. The van der Waals surface area contributed by atoms with Crippen LogP contribution in [0.2, 0.25) is 0 Å². The molecule has 0 amide bonds. The van der Waals surface area contributed by atoms with Crippen LogP contribution in [-0.4, -0.2) is 10.8 Å². The highest BCUT2D eigenvalue weighted by molar-refractivity contribution is 5.96. The molecule has 1 unspecified atom stereocenters. The summed E-state index contributed by atoms with van der Waals surface area (Å²) in [6.07, 6.45) is 10.2. The number of pyridine rings is 1. The number of rotatable bonds is 2. The van der Waals surface area contributed by atoms with Crippen LogP contribution in [0.15, 0.2) is 41.4 Å². The Kier molecular flexibility index (Phi) is 2.89. The maximum atomic E-state index is 5.96.